The highest BCUT2D eigenvalue weighted by molar-refractivity contribution is 5.89. The van der Waals surface area contributed by atoms with E-state index in [9.17, 15) is 9.59 Å². The highest BCUT2D eigenvalue weighted by Gasteiger charge is 2.38. The Hall–Kier alpha value is -2.46. The molecule has 2 saturated heterocycles. The molecule has 0 bridgehead atoms. The summed E-state index contributed by atoms with van der Waals surface area (Å²) in [6.45, 7) is 1.06. The number of aromatic nitrogens is 1. The molecule has 0 aliphatic carbocycles. The van der Waals surface area contributed by atoms with Crippen molar-refractivity contribution < 1.29 is 14.3 Å². The number of ether oxygens (including phenoxy) is 1. The molecule has 3 rings (SSSR count). The van der Waals surface area contributed by atoms with Gasteiger partial charge in [0.2, 0.25) is 5.91 Å². The quantitative estimate of drug-likeness (QED) is 0.816. The minimum atomic E-state index is -0.414. The van der Waals surface area contributed by atoms with Gasteiger partial charge >= 0.3 is 5.97 Å². The molecule has 23 heavy (non-hydrogen) atoms. The van der Waals surface area contributed by atoms with E-state index >= 15 is 0 Å². The standard InChI is InChI=1S/C16H18N4O3/c17-9-12-2-1-7-20(12)15(21)14-8-13(10-19-14)23-16(22)11-3-5-18-6-4-11/h3-6,12-14,19H,1-2,7-8,10H2/t12?,13-,14-/m0/s1. The van der Waals surface area contributed by atoms with Gasteiger partial charge < -0.3 is 15.0 Å². The van der Waals surface area contributed by atoms with E-state index in [1.165, 1.54) is 12.4 Å². The van der Waals surface area contributed by atoms with Crippen LogP contribution in [0.3, 0.4) is 0 Å². The number of amides is 1. The lowest BCUT2D eigenvalue weighted by Gasteiger charge is -2.23. The van der Waals surface area contributed by atoms with E-state index < -0.39 is 5.97 Å². The zero-order chi connectivity index (χ0) is 16.2. The van der Waals surface area contributed by atoms with Crippen molar-refractivity contribution in [1.82, 2.24) is 15.2 Å². The predicted octanol–water partition coefficient (Wildman–Crippen LogP) is 0.483. The maximum absolute atomic E-state index is 12.5. The number of carbonyl (C=O) groups excluding carboxylic acids is 2. The summed E-state index contributed by atoms with van der Waals surface area (Å²) in [7, 11) is 0. The fourth-order valence-electron chi connectivity index (χ4n) is 3.05. The SMILES string of the molecule is N#CC1CCCN1C(=O)[C@@H]1C[C@H](OC(=O)c2ccncc2)CN1. The number of likely N-dealkylation sites (tertiary alicyclic amines) is 1. The van der Waals surface area contributed by atoms with Crippen LogP contribution in [0.15, 0.2) is 24.5 Å². The van der Waals surface area contributed by atoms with Crippen molar-refractivity contribution in [3.05, 3.63) is 30.1 Å². The van der Waals surface area contributed by atoms with Crippen molar-refractivity contribution in [2.75, 3.05) is 13.1 Å². The largest absolute Gasteiger partial charge is 0.457 e. The molecule has 1 aromatic rings. The van der Waals surface area contributed by atoms with Gasteiger partial charge in [0, 0.05) is 31.9 Å². The van der Waals surface area contributed by atoms with Crippen molar-refractivity contribution in [2.24, 2.45) is 0 Å². The van der Waals surface area contributed by atoms with Crippen LogP contribution < -0.4 is 5.32 Å². The van der Waals surface area contributed by atoms with Gasteiger partial charge in [0.05, 0.1) is 17.7 Å². The average Bonchev–Trinajstić information content (AvgIpc) is 3.24. The van der Waals surface area contributed by atoms with Gasteiger partial charge in [-0.2, -0.15) is 5.26 Å². The zero-order valence-corrected chi connectivity index (χ0v) is 12.6. The fraction of sp³-hybridized carbons (Fsp3) is 0.500. The topological polar surface area (TPSA) is 95.3 Å². The average molecular weight is 314 g/mol. The summed E-state index contributed by atoms with van der Waals surface area (Å²) < 4.78 is 5.43. The maximum atomic E-state index is 12.5. The van der Waals surface area contributed by atoms with E-state index in [0.717, 1.165) is 12.8 Å². The molecule has 3 atom stereocenters. The minimum absolute atomic E-state index is 0.0727. The molecule has 0 saturated carbocycles. The Labute approximate surface area is 134 Å². The maximum Gasteiger partial charge on any atom is 0.338 e. The number of nitriles is 1. The molecule has 7 nitrogen and oxygen atoms in total. The van der Waals surface area contributed by atoms with E-state index in [4.69, 9.17) is 10.00 Å². The van der Waals surface area contributed by atoms with Gasteiger partial charge in [0.15, 0.2) is 0 Å². The van der Waals surface area contributed by atoms with E-state index in [0.29, 0.717) is 25.1 Å². The molecule has 2 aliphatic rings. The van der Waals surface area contributed by atoms with Gasteiger partial charge in [-0.15, -0.1) is 0 Å². The summed E-state index contributed by atoms with van der Waals surface area (Å²) in [5.41, 5.74) is 0.443. The molecular formula is C16H18N4O3. The van der Waals surface area contributed by atoms with Gasteiger partial charge in [0.1, 0.15) is 12.1 Å². The third-order valence-corrected chi connectivity index (χ3v) is 4.26. The highest BCUT2D eigenvalue weighted by Crippen LogP contribution is 2.21. The van der Waals surface area contributed by atoms with E-state index in [2.05, 4.69) is 16.4 Å². The van der Waals surface area contributed by atoms with Gasteiger partial charge in [-0.1, -0.05) is 0 Å². The van der Waals surface area contributed by atoms with Crippen LogP contribution in [-0.2, 0) is 9.53 Å². The second-order valence-corrected chi connectivity index (χ2v) is 5.78. The summed E-state index contributed by atoms with van der Waals surface area (Å²) in [5, 5.41) is 12.2. The Kier molecular flexibility index (Phi) is 4.53. The van der Waals surface area contributed by atoms with Crippen LogP contribution >= 0.6 is 0 Å². The first kappa shape index (κ1) is 15.4. The first-order valence-corrected chi connectivity index (χ1v) is 7.73. The molecule has 120 valence electrons. The van der Waals surface area contributed by atoms with Crippen LogP contribution in [0.5, 0.6) is 0 Å². The summed E-state index contributed by atoms with van der Waals surface area (Å²) in [6, 6.07) is 4.63. The molecule has 1 aromatic heterocycles. The number of hydrogen-bond acceptors (Lipinski definition) is 6. The number of nitrogens with one attached hydrogen (secondary N) is 1. The first-order chi connectivity index (χ1) is 11.2. The molecule has 3 heterocycles. The van der Waals surface area contributed by atoms with Gasteiger partial charge in [-0.25, -0.2) is 4.79 Å². The number of carbonyl (C=O) groups is 2. The van der Waals surface area contributed by atoms with E-state index in [1.54, 1.807) is 17.0 Å². The summed E-state index contributed by atoms with van der Waals surface area (Å²) in [4.78, 5) is 30.0. The van der Waals surface area contributed by atoms with Crippen LogP contribution in [0, 0.1) is 11.3 Å². The van der Waals surface area contributed by atoms with Gasteiger partial charge in [-0.05, 0) is 25.0 Å². The van der Waals surface area contributed by atoms with Crippen LogP contribution in [-0.4, -0.2) is 53.0 Å². The highest BCUT2D eigenvalue weighted by atomic mass is 16.5. The Balaban J connectivity index is 1.55. The Morgan fingerprint density at radius 1 is 1.39 bits per heavy atom. The molecule has 0 spiro atoms. The second kappa shape index (κ2) is 6.75. The van der Waals surface area contributed by atoms with Crippen LogP contribution in [0.2, 0.25) is 0 Å². The lowest BCUT2D eigenvalue weighted by Crippen LogP contribution is -2.45. The van der Waals surface area contributed by atoms with Crippen molar-refractivity contribution in [3.8, 4) is 6.07 Å². The Morgan fingerprint density at radius 2 is 2.17 bits per heavy atom. The molecule has 1 unspecified atom stereocenters. The van der Waals surface area contributed by atoms with Crippen molar-refractivity contribution in [2.45, 2.75) is 37.5 Å². The van der Waals surface area contributed by atoms with Crippen molar-refractivity contribution in [3.63, 3.8) is 0 Å². The number of hydrogen-bond donors (Lipinski definition) is 1. The smallest absolute Gasteiger partial charge is 0.338 e. The predicted molar refractivity (Wildman–Crippen MR) is 80.2 cm³/mol. The molecule has 2 fully saturated rings. The summed E-state index contributed by atoms with van der Waals surface area (Å²) in [6.07, 6.45) is 4.75. The van der Waals surface area contributed by atoms with Crippen LogP contribution in [0.4, 0.5) is 0 Å². The van der Waals surface area contributed by atoms with Crippen molar-refractivity contribution in [1.29, 1.82) is 5.26 Å². The molecule has 0 radical (unpaired) electrons. The molecule has 2 aliphatic heterocycles. The number of rotatable bonds is 3. The van der Waals surface area contributed by atoms with Gasteiger partial charge in [0.25, 0.3) is 0 Å². The molecule has 1 N–H and O–H groups in total. The fourth-order valence-corrected chi connectivity index (χ4v) is 3.05. The summed E-state index contributed by atoms with van der Waals surface area (Å²) in [5.74, 6) is -0.486. The van der Waals surface area contributed by atoms with Crippen LogP contribution in [0.25, 0.3) is 0 Å². The van der Waals surface area contributed by atoms with E-state index in [-0.39, 0.29) is 24.1 Å². The number of pyridine rings is 1. The monoisotopic (exact) mass is 314 g/mol. The second-order valence-electron chi connectivity index (χ2n) is 5.78. The summed E-state index contributed by atoms with van der Waals surface area (Å²) >= 11 is 0. The van der Waals surface area contributed by atoms with Gasteiger partial charge in [-0.3, -0.25) is 9.78 Å². The third-order valence-electron chi connectivity index (χ3n) is 4.26. The van der Waals surface area contributed by atoms with Crippen molar-refractivity contribution >= 4 is 11.9 Å². The minimum Gasteiger partial charge on any atom is -0.457 e. The Bertz CT molecular complexity index is 628. The molecule has 7 heteroatoms. The molecule has 1 amide bonds. The zero-order valence-electron chi connectivity index (χ0n) is 12.6. The lowest BCUT2D eigenvalue weighted by molar-refractivity contribution is -0.133. The van der Waals surface area contributed by atoms with E-state index in [1.807, 2.05) is 0 Å². The third kappa shape index (κ3) is 3.32. The molecule has 0 aromatic carbocycles. The Morgan fingerprint density at radius 3 is 2.91 bits per heavy atom. The lowest BCUT2D eigenvalue weighted by atomic mass is 10.1. The number of esters is 1. The normalized spacial score (nSPS) is 26.7. The number of nitrogens with zero attached hydrogens (tertiary/aromatic N) is 3. The first-order valence-electron chi connectivity index (χ1n) is 7.73. The van der Waals surface area contributed by atoms with Crippen LogP contribution in [0.1, 0.15) is 29.6 Å². The molecular weight excluding hydrogens is 296 g/mol.